The number of hydrogen-bond donors (Lipinski definition) is 1. The van der Waals surface area contributed by atoms with Gasteiger partial charge in [0.15, 0.2) is 0 Å². The number of halogens is 3. The highest BCUT2D eigenvalue weighted by Gasteiger charge is 2.32. The zero-order valence-electron chi connectivity index (χ0n) is 9.83. The number of pyridine rings is 1. The molecule has 1 fully saturated rings. The van der Waals surface area contributed by atoms with Crippen molar-refractivity contribution < 1.29 is 17.9 Å². The van der Waals surface area contributed by atoms with Crippen LogP contribution in [0.25, 0.3) is 0 Å². The summed E-state index contributed by atoms with van der Waals surface area (Å²) in [6.45, 7) is 2.48. The van der Waals surface area contributed by atoms with E-state index in [0.717, 1.165) is 38.2 Å². The maximum absolute atomic E-state index is 12.3. The van der Waals surface area contributed by atoms with Gasteiger partial charge in [0.1, 0.15) is 11.4 Å². The Hall–Kier alpha value is -1.30. The van der Waals surface area contributed by atoms with Gasteiger partial charge in [0, 0.05) is 0 Å². The normalized spacial score (nSPS) is 17.7. The third-order valence-corrected chi connectivity index (χ3v) is 2.97. The number of nitrogens with one attached hydrogen (secondary N) is 1. The van der Waals surface area contributed by atoms with E-state index in [2.05, 4.69) is 10.3 Å². The van der Waals surface area contributed by atoms with Crippen LogP contribution in [0, 0.1) is 5.92 Å². The fourth-order valence-corrected chi connectivity index (χ4v) is 1.90. The highest BCUT2D eigenvalue weighted by molar-refractivity contribution is 5.21. The lowest BCUT2D eigenvalue weighted by molar-refractivity contribution is -0.141. The lowest BCUT2D eigenvalue weighted by Gasteiger charge is -2.22. The van der Waals surface area contributed by atoms with Gasteiger partial charge in [-0.15, -0.1) is 0 Å². The molecule has 1 saturated heterocycles. The molecule has 0 aromatic carbocycles. The molecule has 18 heavy (non-hydrogen) atoms. The second-order valence-electron chi connectivity index (χ2n) is 4.38. The number of rotatable bonds is 3. The molecule has 0 atom stereocenters. The third-order valence-electron chi connectivity index (χ3n) is 2.97. The molecule has 0 aliphatic carbocycles. The van der Waals surface area contributed by atoms with Crippen molar-refractivity contribution in [1.82, 2.24) is 10.3 Å². The van der Waals surface area contributed by atoms with Gasteiger partial charge in [-0.25, -0.2) is 4.98 Å². The van der Waals surface area contributed by atoms with Crippen molar-refractivity contribution in [2.24, 2.45) is 5.92 Å². The van der Waals surface area contributed by atoms with Gasteiger partial charge in [-0.2, -0.15) is 13.2 Å². The second-order valence-corrected chi connectivity index (χ2v) is 4.38. The number of hydrogen-bond acceptors (Lipinski definition) is 3. The van der Waals surface area contributed by atoms with Gasteiger partial charge in [0.25, 0.3) is 0 Å². The van der Waals surface area contributed by atoms with Crippen LogP contribution in [-0.2, 0) is 6.18 Å². The molecular weight excluding hydrogens is 245 g/mol. The molecule has 100 valence electrons. The predicted molar refractivity (Wildman–Crippen MR) is 60.3 cm³/mol. The second kappa shape index (κ2) is 5.56. The molecule has 0 saturated carbocycles. The number of aromatic nitrogens is 1. The van der Waals surface area contributed by atoms with Crippen LogP contribution in [0.3, 0.4) is 0 Å². The molecule has 1 aromatic rings. The monoisotopic (exact) mass is 260 g/mol. The van der Waals surface area contributed by atoms with Crippen molar-refractivity contribution in [2.75, 3.05) is 19.7 Å². The first kappa shape index (κ1) is 13.1. The summed E-state index contributed by atoms with van der Waals surface area (Å²) in [5.74, 6) is 0.857. The van der Waals surface area contributed by atoms with Crippen molar-refractivity contribution >= 4 is 0 Å². The molecule has 1 aromatic heterocycles. The Morgan fingerprint density at radius 2 is 2.00 bits per heavy atom. The Morgan fingerprint density at radius 3 is 2.56 bits per heavy atom. The third kappa shape index (κ3) is 3.60. The van der Waals surface area contributed by atoms with Crippen LogP contribution in [0.15, 0.2) is 18.3 Å². The van der Waals surface area contributed by atoms with E-state index in [9.17, 15) is 13.2 Å². The van der Waals surface area contributed by atoms with Crippen LogP contribution >= 0.6 is 0 Å². The molecule has 2 heterocycles. The summed E-state index contributed by atoms with van der Waals surface area (Å²) in [5, 5.41) is 3.24. The predicted octanol–water partition coefficient (Wildman–Crippen LogP) is 2.48. The van der Waals surface area contributed by atoms with E-state index in [1.807, 2.05) is 0 Å². The largest absolute Gasteiger partial charge is 0.492 e. The summed E-state index contributed by atoms with van der Waals surface area (Å²) >= 11 is 0. The average Bonchev–Trinajstić information content (AvgIpc) is 2.37. The molecular formula is C12H15F3N2O. The molecule has 0 amide bonds. The van der Waals surface area contributed by atoms with Crippen molar-refractivity contribution in [1.29, 1.82) is 0 Å². The Morgan fingerprint density at radius 1 is 1.28 bits per heavy atom. The molecule has 0 bridgehead atoms. The van der Waals surface area contributed by atoms with Gasteiger partial charge < -0.3 is 10.1 Å². The summed E-state index contributed by atoms with van der Waals surface area (Å²) in [7, 11) is 0. The van der Waals surface area contributed by atoms with Gasteiger partial charge in [-0.3, -0.25) is 0 Å². The molecule has 0 spiro atoms. The van der Waals surface area contributed by atoms with Gasteiger partial charge >= 0.3 is 6.18 Å². The lowest BCUT2D eigenvalue weighted by atomic mass is 9.99. The van der Waals surface area contributed by atoms with Gasteiger partial charge in [-0.05, 0) is 44.0 Å². The lowest BCUT2D eigenvalue weighted by Crippen LogP contribution is -2.30. The molecule has 2 rings (SSSR count). The minimum Gasteiger partial charge on any atom is -0.492 e. The Labute approximate surface area is 103 Å². The van der Waals surface area contributed by atoms with Crippen molar-refractivity contribution in [3.05, 3.63) is 24.0 Å². The molecule has 3 nitrogen and oxygen atoms in total. The summed E-state index contributed by atoms with van der Waals surface area (Å²) in [6, 6.07) is 2.26. The van der Waals surface area contributed by atoms with Crippen LogP contribution in [0.5, 0.6) is 5.75 Å². The van der Waals surface area contributed by atoms with Crippen LogP contribution in [0.4, 0.5) is 13.2 Å². The molecule has 6 heteroatoms. The van der Waals surface area contributed by atoms with Crippen LogP contribution < -0.4 is 10.1 Å². The van der Waals surface area contributed by atoms with E-state index in [-0.39, 0.29) is 0 Å². The first-order chi connectivity index (χ1) is 8.55. The van der Waals surface area contributed by atoms with E-state index < -0.39 is 11.9 Å². The van der Waals surface area contributed by atoms with Gasteiger partial charge in [0.2, 0.25) is 0 Å². The summed E-state index contributed by atoms with van der Waals surface area (Å²) < 4.78 is 42.3. The van der Waals surface area contributed by atoms with Crippen LogP contribution in [-0.4, -0.2) is 24.7 Å². The Bertz CT molecular complexity index is 372. The maximum atomic E-state index is 12.3. The Kier molecular flexibility index (Phi) is 4.06. The molecule has 1 aliphatic rings. The standard InChI is InChI=1S/C12H15F3N2O/c13-12(14,15)11-2-1-10(7-17-11)18-8-9-3-5-16-6-4-9/h1-2,7,9,16H,3-6,8H2. The minimum absolute atomic E-state index is 0.390. The van der Waals surface area contributed by atoms with Crippen molar-refractivity contribution in [3.63, 3.8) is 0 Å². The number of piperidine rings is 1. The van der Waals surface area contributed by atoms with E-state index in [1.165, 1.54) is 6.07 Å². The smallest absolute Gasteiger partial charge is 0.433 e. The van der Waals surface area contributed by atoms with Gasteiger partial charge in [0.05, 0.1) is 12.8 Å². The zero-order valence-corrected chi connectivity index (χ0v) is 9.83. The van der Waals surface area contributed by atoms with Crippen LogP contribution in [0.2, 0.25) is 0 Å². The maximum Gasteiger partial charge on any atom is 0.433 e. The van der Waals surface area contributed by atoms with Gasteiger partial charge in [-0.1, -0.05) is 0 Å². The highest BCUT2D eigenvalue weighted by Crippen LogP contribution is 2.28. The quantitative estimate of drug-likeness (QED) is 0.906. The topological polar surface area (TPSA) is 34.1 Å². The van der Waals surface area contributed by atoms with E-state index >= 15 is 0 Å². The van der Waals surface area contributed by atoms with Crippen molar-refractivity contribution in [3.8, 4) is 5.75 Å². The summed E-state index contributed by atoms with van der Waals surface area (Å²) in [4.78, 5) is 3.35. The fourth-order valence-electron chi connectivity index (χ4n) is 1.90. The number of alkyl halides is 3. The number of ether oxygens (including phenoxy) is 1. The van der Waals surface area contributed by atoms with E-state index in [1.54, 1.807) is 0 Å². The Balaban J connectivity index is 1.86. The fraction of sp³-hybridized carbons (Fsp3) is 0.583. The average molecular weight is 260 g/mol. The van der Waals surface area contributed by atoms with Crippen molar-refractivity contribution in [2.45, 2.75) is 19.0 Å². The van der Waals surface area contributed by atoms with E-state index in [4.69, 9.17) is 4.74 Å². The highest BCUT2D eigenvalue weighted by atomic mass is 19.4. The number of nitrogens with zero attached hydrogens (tertiary/aromatic N) is 1. The molecule has 1 N–H and O–H groups in total. The molecule has 1 aliphatic heterocycles. The SMILES string of the molecule is FC(F)(F)c1ccc(OCC2CCNCC2)cn1. The first-order valence-corrected chi connectivity index (χ1v) is 5.92. The molecule has 0 radical (unpaired) electrons. The van der Waals surface area contributed by atoms with E-state index in [0.29, 0.717) is 18.3 Å². The molecule has 0 unspecified atom stereocenters. The zero-order chi connectivity index (χ0) is 13.0. The first-order valence-electron chi connectivity index (χ1n) is 5.92. The summed E-state index contributed by atoms with van der Waals surface area (Å²) in [6.07, 6.45) is -1.19. The minimum atomic E-state index is -4.40. The summed E-state index contributed by atoms with van der Waals surface area (Å²) in [5.41, 5.74) is -0.892. The van der Waals surface area contributed by atoms with Crippen LogP contribution in [0.1, 0.15) is 18.5 Å².